The molecule has 0 fully saturated rings. The number of aliphatic hydroxyl groups is 1. The number of anilines is 1. The summed E-state index contributed by atoms with van der Waals surface area (Å²) < 4.78 is 5.11. The molecule has 0 bridgehead atoms. The minimum atomic E-state index is -0.665. The molecular formula is C18H21ClN2O3. The fourth-order valence-electron chi connectivity index (χ4n) is 2.14. The molecular weight excluding hydrogens is 328 g/mol. The number of para-hydroxylation sites is 1. The Balaban J connectivity index is 1.98. The minimum Gasteiger partial charge on any atom is -0.497 e. The molecule has 2 aromatic carbocycles. The Morgan fingerprint density at radius 2 is 1.92 bits per heavy atom. The summed E-state index contributed by atoms with van der Waals surface area (Å²) in [6.07, 6.45) is -0.665. The van der Waals surface area contributed by atoms with E-state index in [-0.39, 0.29) is 18.3 Å². The third-order valence-electron chi connectivity index (χ3n) is 3.49. The zero-order chi connectivity index (χ0) is 17.4. The van der Waals surface area contributed by atoms with Crippen LogP contribution in [0.1, 0.15) is 15.9 Å². The number of halogens is 1. The Morgan fingerprint density at radius 3 is 2.58 bits per heavy atom. The molecule has 5 nitrogen and oxygen atoms in total. The van der Waals surface area contributed by atoms with Crippen LogP contribution in [0.3, 0.4) is 0 Å². The largest absolute Gasteiger partial charge is 0.497 e. The fraction of sp³-hybridized carbons (Fsp3) is 0.278. The molecule has 0 saturated heterocycles. The van der Waals surface area contributed by atoms with E-state index in [9.17, 15) is 9.90 Å². The summed E-state index contributed by atoms with van der Waals surface area (Å²) in [6, 6.07) is 14.7. The number of benzene rings is 2. The standard InChI is InChI=1S/C18H21ClN2O3/c1-24-15-8-6-13(7-9-15)11-21-18(23)16-4-2-3-5-17(16)20-12-14(22)10-19/h2-9,14,20,22H,10-12H2,1H3,(H,21,23). The van der Waals surface area contributed by atoms with Crippen LogP contribution < -0.4 is 15.4 Å². The number of methoxy groups -OCH3 is 1. The van der Waals surface area contributed by atoms with Crippen LogP contribution in [0.15, 0.2) is 48.5 Å². The van der Waals surface area contributed by atoms with Crippen LogP contribution in [0, 0.1) is 0 Å². The summed E-state index contributed by atoms with van der Waals surface area (Å²) in [5, 5.41) is 15.5. The van der Waals surface area contributed by atoms with E-state index in [1.54, 1.807) is 25.3 Å². The van der Waals surface area contributed by atoms with Crippen molar-refractivity contribution < 1.29 is 14.6 Å². The normalized spacial score (nSPS) is 11.6. The lowest BCUT2D eigenvalue weighted by Crippen LogP contribution is -2.26. The predicted octanol–water partition coefficient (Wildman–Crippen LogP) is 2.64. The molecule has 0 spiro atoms. The number of carbonyl (C=O) groups is 1. The smallest absolute Gasteiger partial charge is 0.253 e. The summed E-state index contributed by atoms with van der Waals surface area (Å²) >= 11 is 5.58. The SMILES string of the molecule is COc1ccc(CNC(=O)c2ccccc2NCC(O)CCl)cc1. The van der Waals surface area contributed by atoms with E-state index >= 15 is 0 Å². The third kappa shape index (κ3) is 5.15. The maximum absolute atomic E-state index is 12.4. The van der Waals surface area contributed by atoms with Crippen molar-refractivity contribution in [3.8, 4) is 5.75 Å². The summed E-state index contributed by atoms with van der Waals surface area (Å²) in [7, 11) is 1.61. The molecule has 6 heteroatoms. The zero-order valence-electron chi connectivity index (χ0n) is 13.5. The lowest BCUT2D eigenvalue weighted by molar-refractivity contribution is 0.0951. The second kappa shape index (κ2) is 9.15. The third-order valence-corrected chi connectivity index (χ3v) is 3.85. The Bertz CT molecular complexity index is 662. The number of hydrogen-bond donors (Lipinski definition) is 3. The molecule has 1 unspecified atom stereocenters. The van der Waals surface area contributed by atoms with E-state index in [0.29, 0.717) is 17.8 Å². The maximum Gasteiger partial charge on any atom is 0.253 e. The number of aliphatic hydroxyl groups excluding tert-OH is 1. The van der Waals surface area contributed by atoms with Crippen LogP contribution >= 0.6 is 11.6 Å². The maximum atomic E-state index is 12.4. The van der Waals surface area contributed by atoms with Crippen molar-refractivity contribution in [2.75, 3.05) is 24.9 Å². The minimum absolute atomic E-state index is 0.138. The van der Waals surface area contributed by atoms with Crippen molar-refractivity contribution in [1.82, 2.24) is 5.32 Å². The van der Waals surface area contributed by atoms with Gasteiger partial charge in [-0.05, 0) is 29.8 Å². The number of hydrogen-bond acceptors (Lipinski definition) is 4. The highest BCUT2D eigenvalue weighted by Gasteiger charge is 2.11. The van der Waals surface area contributed by atoms with Crippen LogP contribution in [-0.2, 0) is 6.54 Å². The van der Waals surface area contributed by atoms with Gasteiger partial charge in [0.15, 0.2) is 0 Å². The van der Waals surface area contributed by atoms with Crippen LogP contribution in [0.25, 0.3) is 0 Å². The predicted molar refractivity (Wildman–Crippen MR) is 95.8 cm³/mol. The van der Waals surface area contributed by atoms with Gasteiger partial charge in [-0.25, -0.2) is 0 Å². The molecule has 1 amide bonds. The molecule has 0 aliphatic rings. The average molecular weight is 349 g/mol. The van der Waals surface area contributed by atoms with Gasteiger partial charge in [-0.2, -0.15) is 0 Å². The highest BCUT2D eigenvalue weighted by Crippen LogP contribution is 2.16. The average Bonchev–Trinajstić information content (AvgIpc) is 2.64. The van der Waals surface area contributed by atoms with Crippen molar-refractivity contribution in [1.29, 1.82) is 0 Å². The van der Waals surface area contributed by atoms with Gasteiger partial charge in [0.05, 0.1) is 24.7 Å². The molecule has 3 N–H and O–H groups in total. The highest BCUT2D eigenvalue weighted by molar-refractivity contribution is 6.18. The topological polar surface area (TPSA) is 70.6 Å². The van der Waals surface area contributed by atoms with E-state index < -0.39 is 6.10 Å². The van der Waals surface area contributed by atoms with Gasteiger partial charge in [-0.3, -0.25) is 4.79 Å². The molecule has 0 radical (unpaired) electrons. The van der Waals surface area contributed by atoms with Gasteiger partial charge in [0, 0.05) is 18.8 Å². The number of alkyl halides is 1. The zero-order valence-corrected chi connectivity index (χ0v) is 14.2. The molecule has 0 saturated carbocycles. The van der Waals surface area contributed by atoms with Gasteiger partial charge in [0.1, 0.15) is 5.75 Å². The van der Waals surface area contributed by atoms with Crippen molar-refractivity contribution in [2.45, 2.75) is 12.6 Å². The molecule has 2 rings (SSSR count). The van der Waals surface area contributed by atoms with Crippen molar-refractivity contribution in [3.63, 3.8) is 0 Å². The number of nitrogens with one attached hydrogen (secondary N) is 2. The first-order valence-corrected chi connectivity index (χ1v) is 8.15. The van der Waals surface area contributed by atoms with Gasteiger partial charge in [0.2, 0.25) is 0 Å². The summed E-state index contributed by atoms with van der Waals surface area (Å²) in [5.74, 6) is 0.727. The Morgan fingerprint density at radius 1 is 1.21 bits per heavy atom. The van der Waals surface area contributed by atoms with Gasteiger partial charge in [0.25, 0.3) is 5.91 Å². The van der Waals surface area contributed by atoms with E-state index in [0.717, 1.165) is 11.3 Å². The second-order valence-corrected chi connectivity index (χ2v) is 5.57. The molecule has 24 heavy (non-hydrogen) atoms. The van der Waals surface area contributed by atoms with E-state index in [1.807, 2.05) is 30.3 Å². The van der Waals surface area contributed by atoms with Crippen molar-refractivity contribution >= 4 is 23.2 Å². The Labute approximate surface area is 146 Å². The summed E-state index contributed by atoms with van der Waals surface area (Å²) in [5.41, 5.74) is 2.16. The molecule has 128 valence electrons. The molecule has 0 aliphatic heterocycles. The van der Waals surface area contributed by atoms with Gasteiger partial charge < -0.3 is 20.5 Å². The second-order valence-electron chi connectivity index (χ2n) is 5.27. The Hall–Kier alpha value is -2.24. The van der Waals surface area contributed by atoms with E-state index in [4.69, 9.17) is 16.3 Å². The number of rotatable bonds is 8. The quantitative estimate of drug-likeness (QED) is 0.641. The first kappa shape index (κ1) is 18.1. The van der Waals surface area contributed by atoms with Crippen molar-refractivity contribution in [3.05, 3.63) is 59.7 Å². The van der Waals surface area contributed by atoms with Crippen LogP contribution in [0.5, 0.6) is 5.75 Å². The first-order chi connectivity index (χ1) is 11.6. The number of amides is 1. The highest BCUT2D eigenvalue weighted by atomic mass is 35.5. The van der Waals surface area contributed by atoms with E-state index in [1.165, 1.54) is 0 Å². The Kier molecular flexibility index (Phi) is 6.90. The van der Waals surface area contributed by atoms with Gasteiger partial charge in [-0.15, -0.1) is 11.6 Å². The van der Waals surface area contributed by atoms with Gasteiger partial charge >= 0.3 is 0 Å². The van der Waals surface area contributed by atoms with Crippen LogP contribution in [0.4, 0.5) is 5.69 Å². The summed E-state index contributed by atoms with van der Waals surface area (Å²) in [4.78, 5) is 12.4. The number of ether oxygens (including phenoxy) is 1. The van der Waals surface area contributed by atoms with Gasteiger partial charge in [-0.1, -0.05) is 24.3 Å². The molecule has 0 aromatic heterocycles. The molecule has 0 aliphatic carbocycles. The molecule has 2 aromatic rings. The molecule has 1 atom stereocenters. The van der Waals surface area contributed by atoms with Crippen LogP contribution in [0.2, 0.25) is 0 Å². The monoisotopic (exact) mass is 348 g/mol. The first-order valence-electron chi connectivity index (χ1n) is 7.62. The number of carbonyl (C=O) groups excluding carboxylic acids is 1. The molecule has 0 heterocycles. The van der Waals surface area contributed by atoms with Crippen molar-refractivity contribution in [2.24, 2.45) is 0 Å². The summed E-state index contributed by atoms with van der Waals surface area (Å²) in [6.45, 7) is 0.702. The lowest BCUT2D eigenvalue weighted by Gasteiger charge is -2.14. The lowest BCUT2D eigenvalue weighted by atomic mass is 10.1. The van der Waals surface area contributed by atoms with E-state index in [2.05, 4.69) is 10.6 Å². The fourth-order valence-corrected chi connectivity index (χ4v) is 2.25. The van der Waals surface area contributed by atoms with Crippen LogP contribution in [-0.4, -0.2) is 36.7 Å².